The summed E-state index contributed by atoms with van der Waals surface area (Å²) in [5.41, 5.74) is 5.48. The van der Waals surface area contributed by atoms with Gasteiger partial charge in [-0.25, -0.2) is 0 Å². The SMILES string of the molecule is NC(=O)c1cc[n+](C(CS(=O)(=O)O)OC(CS(=O)(=O)O)[n+]2ccccc2CN=O)cc1. The van der Waals surface area contributed by atoms with E-state index in [9.17, 15) is 35.6 Å². The topological polar surface area (TPSA) is 198 Å². The van der Waals surface area contributed by atoms with Gasteiger partial charge in [0.1, 0.15) is 0 Å². The van der Waals surface area contributed by atoms with Crippen molar-refractivity contribution in [1.29, 1.82) is 0 Å². The summed E-state index contributed by atoms with van der Waals surface area (Å²) < 4.78 is 72.8. The Morgan fingerprint density at radius 3 is 2.10 bits per heavy atom. The van der Waals surface area contributed by atoms with E-state index in [1.54, 1.807) is 6.07 Å². The van der Waals surface area contributed by atoms with Crippen LogP contribution in [0.4, 0.5) is 0 Å². The van der Waals surface area contributed by atoms with Gasteiger partial charge in [0, 0.05) is 24.3 Å². The summed E-state index contributed by atoms with van der Waals surface area (Å²) in [7, 11) is -9.25. The maximum Gasteiger partial charge on any atom is 0.284 e. The number of hydrogen-bond donors (Lipinski definition) is 3. The Balaban J connectivity index is 2.51. The molecule has 15 heteroatoms. The van der Waals surface area contributed by atoms with E-state index in [0.29, 0.717) is 0 Å². The van der Waals surface area contributed by atoms with Crippen LogP contribution in [0, 0.1) is 4.91 Å². The van der Waals surface area contributed by atoms with Crippen molar-refractivity contribution < 1.29 is 44.6 Å². The number of amides is 1. The average Bonchev–Trinajstić information content (AvgIpc) is 2.65. The lowest BCUT2D eigenvalue weighted by Crippen LogP contribution is -2.52. The fourth-order valence-electron chi connectivity index (χ4n) is 2.69. The highest BCUT2D eigenvalue weighted by molar-refractivity contribution is 7.86. The van der Waals surface area contributed by atoms with Crippen molar-refractivity contribution in [2.45, 2.75) is 19.0 Å². The summed E-state index contributed by atoms with van der Waals surface area (Å²) in [6.45, 7) is -0.365. The van der Waals surface area contributed by atoms with E-state index in [1.165, 1.54) is 47.4 Å². The molecule has 4 N–H and O–H groups in total. The molecule has 2 atom stereocenters. The van der Waals surface area contributed by atoms with Crippen molar-refractivity contribution in [3.63, 3.8) is 0 Å². The Morgan fingerprint density at radius 1 is 1.00 bits per heavy atom. The summed E-state index contributed by atoms with van der Waals surface area (Å²) >= 11 is 0. The summed E-state index contributed by atoms with van der Waals surface area (Å²) in [4.78, 5) is 22.0. The van der Waals surface area contributed by atoms with Crippen molar-refractivity contribution in [1.82, 2.24) is 0 Å². The van der Waals surface area contributed by atoms with Crippen molar-refractivity contribution in [3.05, 3.63) is 65.1 Å². The molecule has 31 heavy (non-hydrogen) atoms. The van der Waals surface area contributed by atoms with Crippen LogP contribution in [0.5, 0.6) is 0 Å². The highest BCUT2D eigenvalue weighted by atomic mass is 32.2. The number of aromatic nitrogens is 2. The molecule has 0 aliphatic rings. The second-order valence-corrected chi connectivity index (χ2v) is 9.32. The van der Waals surface area contributed by atoms with Gasteiger partial charge in [-0.3, -0.25) is 18.6 Å². The smallest absolute Gasteiger partial charge is 0.284 e. The number of hydrogen-bond acceptors (Lipinski definition) is 8. The molecular weight excluding hydrogens is 456 g/mol. The third-order valence-corrected chi connectivity index (χ3v) is 5.42. The van der Waals surface area contributed by atoms with E-state index in [2.05, 4.69) is 5.18 Å². The van der Waals surface area contributed by atoms with Crippen LogP contribution in [0.25, 0.3) is 0 Å². The first kappa shape index (κ1) is 24.4. The van der Waals surface area contributed by atoms with E-state index in [1.807, 2.05) is 0 Å². The number of nitrogens with two attached hydrogens (primary N) is 1. The van der Waals surface area contributed by atoms with Gasteiger partial charge in [0.25, 0.3) is 32.7 Å². The molecule has 0 saturated heterocycles. The summed E-state index contributed by atoms with van der Waals surface area (Å²) in [6, 6.07) is 7.01. The fraction of sp³-hybridized carbons (Fsp3) is 0.312. The van der Waals surface area contributed by atoms with Crippen LogP contribution < -0.4 is 14.9 Å². The van der Waals surface area contributed by atoms with Gasteiger partial charge in [0.05, 0.1) is 5.56 Å². The van der Waals surface area contributed by atoms with Crippen molar-refractivity contribution >= 4 is 26.1 Å². The molecule has 2 rings (SSSR count). The number of nitrogens with zero attached hydrogens (tertiary/aromatic N) is 3. The Labute approximate surface area is 177 Å². The number of ether oxygens (including phenoxy) is 1. The zero-order chi connectivity index (χ0) is 23.2. The quantitative estimate of drug-likeness (QED) is 0.209. The van der Waals surface area contributed by atoms with Gasteiger partial charge in [-0.2, -0.15) is 30.9 Å². The Kier molecular flexibility index (Phi) is 7.85. The van der Waals surface area contributed by atoms with E-state index in [-0.39, 0.29) is 17.8 Å². The van der Waals surface area contributed by atoms with E-state index < -0.39 is 50.1 Å². The van der Waals surface area contributed by atoms with Gasteiger partial charge in [-0.1, -0.05) is 11.2 Å². The molecule has 13 nitrogen and oxygen atoms in total. The number of rotatable bonds is 11. The van der Waals surface area contributed by atoms with Crippen molar-refractivity contribution in [2.24, 2.45) is 10.9 Å². The first-order chi connectivity index (χ1) is 14.4. The largest absolute Gasteiger partial charge is 0.366 e. The van der Waals surface area contributed by atoms with Gasteiger partial charge in [-0.05, 0) is 0 Å². The van der Waals surface area contributed by atoms with Crippen LogP contribution in [0.3, 0.4) is 0 Å². The zero-order valence-corrected chi connectivity index (χ0v) is 17.5. The number of nitroso groups, excluding NO2 is 1. The van der Waals surface area contributed by atoms with Crippen LogP contribution in [0.1, 0.15) is 28.5 Å². The molecule has 0 radical (unpaired) electrons. The third-order valence-electron chi connectivity index (χ3n) is 4.00. The van der Waals surface area contributed by atoms with Crippen LogP contribution in [0.2, 0.25) is 0 Å². The van der Waals surface area contributed by atoms with Crippen LogP contribution in [0.15, 0.2) is 54.1 Å². The lowest BCUT2D eigenvalue weighted by Gasteiger charge is -2.18. The van der Waals surface area contributed by atoms with Gasteiger partial charge in [-0.15, -0.1) is 0 Å². The van der Waals surface area contributed by atoms with E-state index in [4.69, 9.17) is 10.5 Å². The summed E-state index contributed by atoms with van der Waals surface area (Å²) in [5, 5.41) is 2.75. The lowest BCUT2D eigenvalue weighted by molar-refractivity contribution is -0.821. The van der Waals surface area contributed by atoms with Gasteiger partial charge >= 0.3 is 0 Å². The number of primary amides is 1. The highest BCUT2D eigenvalue weighted by Gasteiger charge is 2.37. The molecule has 0 bridgehead atoms. The minimum absolute atomic E-state index is 0.105. The molecule has 0 aromatic carbocycles. The molecule has 0 aliphatic heterocycles. The predicted octanol–water partition coefficient (Wildman–Crippen LogP) is -0.883. The van der Waals surface area contributed by atoms with Crippen LogP contribution in [-0.4, -0.2) is 43.4 Å². The monoisotopic (exact) mass is 476 g/mol. The molecule has 0 aliphatic carbocycles. The second kappa shape index (κ2) is 9.97. The van der Waals surface area contributed by atoms with Crippen molar-refractivity contribution in [2.75, 3.05) is 11.5 Å². The molecule has 168 valence electrons. The molecule has 2 heterocycles. The minimum Gasteiger partial charge on any atom is -0.366 e. The van der Waals surface area contributed by atoms with Gasteiger partial charge in [0.2, 0.25) is 11.6 Å². The molecule has 0 spiro atoms. The van der Waals surface area contributed by atoms with Crippen molar-refractivity contribution in [3.8, 4) is 0 Å². The predicted molar refractivity (Wildman–Crippen MR) is 103 cm³/mol. The normalized spacial score (nSPS) is 14.0. The Morgan fingerprint density at radius 2 is 1.58 bits per heavy atom. The van der Waals surface area contributed by atoms with Crippen LogP contribution >= 0.6 is 0 Å². The molecule has 2 aromatic heterocycles. The maximum absolute atomic E-state index is 11.6. The van der Waals surface area contributed by atoms with E-state index >= 15 is 0 Å². The molecular formula is C16H20N4O9S2+2. The molecule has 2 aromatic rings. The zero-order valence-electron chi connectivity index (χ0n) is 15.9. The fourth-order valence-corrected chi connectivity index (χ4v) is 3.90. The first-order valence-electron chi connectivity index (χ1n) is 8.54. The average molecular weight is 476 g/mol. The minimum atomic E-state index is -4.63. The highest BCUT2D eigenvalue weighted by Crippen LogP contribution is 2.15. The number of pyridine rings is 2. The third kappa shape index (κ3) is 7.72. The molecule has 0 saturated carbocycles. The maximum atomic E-state index is 11.6. The van der Waals surface area contributed by atoms with Gasteiger partial charge in [0.15, 0.2) is 36.6 Å². The second-order valence-electron chi connectivity index (χ2n) is 6.33. The Bertz CT molecular complexity index is 1150. The number of carbonyl (C=O) groups excluding carboxylic acids is 1. The van der Waals surface area contributed by atoms with Crippen LogP contribution in [-0.2, 0) is 31.5 Å². The molecule has 2 unspecified atom stereocenters. The standard InChI is InChI=1S/C16H18N4O9S2/c17-16(21)12-4-7-19(8-5-12)14(10-30(23,24)25)29-15(11-31(26,27)28)20-6-2-1-3-13(20)9-18-22/h1-8,14-15H,9-11H2,(H2-2,17,21,23,24,25,26,27,28)/p+2. The van der Waals surface area contributed by atoms with Gasteiger partial charge < -0.3 is 5.73 Å². The molecule has 0 fully saturated rings. The summed E-state index contributed by atoms with van der Waals surface area (Å²) in [6.07, 6.45) is 0.826. The first-order valence-corrected chi connectivity index (χ1v) is 11.8. The number of carbonyl (C=O) groups is 1. The van der Waals surface area contributed by atoms with E-state index in [0.717, 1.165) is 4.57 Å². The Hall–Kier alpha value is -2.85. The summed E-state index contributed by atoms with van der Waals surface area (Å²) in [5.74, 6) is -2.74. The lowest BCUT2D eigenvalue weighted by atomic mass is 10.2. The molecule has 1 amide bonds.